The van der Waals surface area contributed by atoms with Crippen LogP contribution < -0.4 is 0 Å². The molecule has 1 saturated carbocycles. The van der Waals surface area contributed by atoms with Crippen LogP contribution >= 0.6 is 11.6 Å². The van der Waals surface area contributed by atoms with Gasteiger partial charge in [-0.2, -0.15) is 0 Å². The number of hydrogen-bond acceptors (Lipinski definition) is 2. The molecule has 1 aliphatic carbocycles. The Labute approximate surface area is 85.9 Å². The van der Waals surface area contributed by atoms with Crippen LogP contribution in [0.4, 0.5) is 0 Å². The van der Waals surface area contributed by atoms with E-state index in [-0.39, 0.29) is 5.75 Å². The molecule has 0 bridgehead atoms. The molecule has 0 spiro atoms. The molecule has 0 amide bonds. The summed E-state index contributed by atoms with van der Waals surface area (Å²) in [4.78, 5) is 11.0. The zero-order chi connectivity index (χ0) is 10.3. The van der Waals surface area contributed by atoms with Crippen molar-refractivity contribution in [3.05, 3.63) is 28.8 Å². The Bertz CT molecular complexity index is 396. The molecule has 3 nitrogen and oxygen atoms in total. The molecule has 2 rings (SSSR count). The van der Waals surface area contributed by atoms with Crippen LogP contribution in [0.25, 0.3) is 0 Å². The third-order valence-electron chi connectivity index (χ3n) is 2.63. The fraction of sp³-hybridized carbons (Fsp3) is 0.300. The Morgan fingerprint density at radius 2 is 2.07 bits per heavy atom. The second-order valence-corrected chi connectivity index (χ2v) is 3.99. The van der Waals surface area contributed by atoms with Crippen molar-refractivity contribution in [1.29, 1.82) is 0 Å². The molecule has 0 saturated heterocycles. The predicted octanol–water partition coefficient (Wildman–Crippen LogP) is 2.16. The maximum absolute atomic E-state index is 11.0. The monoisotopic (exact) mass is 212 g/mol. The first-order chi connectivity index (χ1) is 6.56. The predicted molar refractivity (Wildman–Crippen MR) is 51.7 cm³/mol. The molecule has 2 N–H and O–H groups in total. The first-order valence-electron chi connectivity index (χ1n) is 4.29. The average Bonchev–Trinajstić information content (AvgIpc) is 2.90. The van der Waals surface area contributed by atoms with Gasteiger partial charge in [-0.05, 0) is 31.0 Å². The number of carboxylic acids is 1. The van der Waals surface area contributed by atoms with E-state index < -0.39 is 11.4 Å². The number of carbonyl (C=O) groups is 1. The first-order valence-corrected chi connectivity index (χ1v) is 4.66. The van der Waals surface area contributed by atoms with E-state index in [9.17, 15) is 9.90 Å². The highest BCUT2D eigenvalue weighted by Crippen LogP contribution is 2.51. The highest BCUT2D eigenvalue weighted by Gasteiger charge is 2.53. The summed E-state index contributed by atoms with van der Waals surface area (Å²) in [7, 11) is 0. The van der Waals surface area contributed by atoms with Gasteiger partial charge in [0.05, 0.1) is 5.41 Å². The first kappa shape index (κ1) is 9.34. The van der Waals surface area contributed by atoms with Gasteiger partial charge in [-0.1, -0.05) is 11.6 Å². The lowest BCUT2D eigenvalue weighted by atomic mass is 9.95. The Balaban J connectivity index is 2.51. The summed E-state index contributed by atoms with van der Waals surface area (Å²) in [6, 6.07) is 4.50. The van der Waals surface area contributed by atoms with Crippen molar-refractivity contribution in [2.45, 2.75) is 18.3 Å². The summed E-state index contributed by atoms with van der Waals surface area (Å²) >= 11 is 5.75. The van der Waals surface area contributed by atoms with Crippen molar-refractivity contribution in [2.75, 3.05) is 0 Å². The van der Waals surface area contributed by atoms with E-state index in [0.717, 1.165) is 0 Å². The van der Waals surface area contributed by atoms with E-state index in [1.807, 2.05) is 0 Å². The summed E-state index contributed by atoms with van der Waals surface area (Å²) < 4.78 is 0. The molecular formula is C10H9ClO3. The number of hydrogen-bond donors (Lipinski definition) is 2. The van der Waals surface area contributed by atoms with Gasteiger partial charge < -0.3 is 10.2 Å². The van der Waals surface area contributed by atoms with Crippen LogP contribution in [0.3, 0.4) is 0 Å². The van der Waals surface area contributed by atoms with Crippen molar-refractivity contribution in [2.24, 2.45) is 0 Å². The third kappa shape index (κ3) is 1.24. The van der Waals surface area contributed by atoms with Crippen molar-refractivity contribution < 1.29 is 15.0 Å². The van der Waals surface area contributed by atoms with Crippen molar-refractivity contribution in [1.82, 2.24) is 0 Å². The largest absolute Gasteiger partial charge is 0.508 e. The molecule has 0 radical (unpaired) electrons. The van der Waals surface area contributed by atoms with Crippen LogP contribution in [0.2, 0.25) is 5.02 Å². The Hall–Kier alpha value is -1.22. The van der Waals surface area contributed by atoms with Gasteiger partial charge in [-0.15, -0.1) is 0 Å². The zero-order valence-corrected chi connectivity index (χ0v) is 8.08. The van der Waals surface area contributed by atoms with Gasteiger partial charge in [0.2, 0.25) is 0 Å². The molecule has 14 heavy (non-hydrogen) atoms. The lowest BCUT2D eigenvalue weighted by Crippen LogP contribution is -2.19. The number of benzene rings is 1. The Morgan fingerprint density at radius 1 is 1.43 bits per heavy atom. The topological polar surface area (TPSA) is 57.5 Å². The maximum Gasteiger partial charge on any atom is 0.314 e. The average molecular weight is 213 g/mol. The van der Waals surface area contributed by atoms with E-state index in [0.29, 0.717) is 23.4 Å². The van der Waals surface area contributed by atoms with Crippen molar-refractivity contribution >= 4 is 17.6 Å². The number of aromatic hydroxyl groups is 1. The Kier molecular flexibility index (Phi) is 1.93. The van der Waals surface area contributed by atoms with E-state index in [1.165, 1.54) is 18.2 Å². The van der Waals surface area contributed by atoms with Gasteiger partial charge in [0.1, 0.15) is 5.75 Å². The number of aliphatic carboxylic acids is 1. The quantitative estimate of drug-likeness (QED) is 0.790. The van der Waals surface area contributed by atoms with E-state index in [2.05, 4.69) is 0 Å². The number of halogens is 1. The smallest absolute Gasteiger partial charge is 0.314 e. The summed E-state index contributed by atoms with van der Waals surface area (Å²) in [6.07, 6.45) is 1.13. The molecule has 1 aromatic rings. The van der Waals surface area contributed by atoms with E-state index >= 15 is 0 Å². The summed E-state index contributed by atoms with van der Waals surface area (Å²) in [5.41, 5.74) is -0.466. The summed E-state index contributed by atoms with van der Waals surface area (Å²) in [6.45, 7) is 0. The minimum absolute atomic E-state index is 0.00861. The molecule has 1 fully saturated rings. The molecule has 0 heterocycles. The minimum Gasteiger partial charge on any atom is -0.508 e. The second-order valence-electron chi connectivity index (χ2n) is 3.55. The highest BCUT2D eigenvalue weighted by molar-refractivity contribution is 6.30. The SMILES string of the molecule is O=C(O)C1(c2cc(Cl)ccc2O)CC1. The molecule has 0 aliphatic heterocycles. The normalized spacial score (nSPS) is 17.8. The molecule has 74 valence electrons. The van der Waals surface area contributed by atoms with Gasteiger partial charge >= 0.3 is 5.97 Å². The van der Waals surface area contributed by atoms with Gasteiger partial charge in [0.25, 0.3) is 0 Å². The zero-order valence-electron chi connectivity index (χ0n) is 7.33. The number of phenols is 1. The summed E-state index contributed by atoms with van der Waals surface area (Å²) in [5, 5.41) is 19.0. The Morgan fingerprint density at radius 3 is 2.57 bits per heavy atom. The minimum atomic E-state index is -0.894. The molecule has 0 unspecified atom stereocenters. The van der Waals surface area contributed by atoms with Gasteiger partial charge in [0.15, 0.2) is 0 Å². The molecule has 1 aromatic carbocycles. The molecule has 1 aliphatic rings. The number of rotatable bonds is 2. The summed E-state index contributed by atoms with van der Waals surface area (Å²) in [5.74, 6) is -0.885. The third-order valence-corrected chi connectivity index (χ3v) is 2.87. The number of carboxylic acid groups (broad SMARTS) is 1. The van der Waals surface area contributed by atoms with Gasteiger partial charge in [-0.25, -0.2) is 0 Å². The van der Waals surface area contributed by atoms with Crippen molar-refractivity contribution in [3.63, 3.8) is 0 Å². The fourth-order valence-electron chi connectivity index (χ4n) is 1.61. The molecule has 4 heteroatoms. The molecular weight excluding hydrogens is 204 g/mol. The van der Waals surface area contributed by atoms with Gasteiger partial charge in [-0.3, -0.25) is 4.79 Å². The van der Waals surface area contributed by atoms with Crippen LogP contribution in [0.1, 0.15) is 18.4 Å². The lowest BCUT2D eigenvalue weighted by Gasteiger charge is -2.12. The van der Waals surface area contributed by atoms with Crippen LogP contribution in [0.5, 0.6) is 5.75 Å². The van der Waals surface area contributed by atoms with Crippen molar-refractivity contribution in [3.8, 4) is 5.75 Å². The van der Waals surface area contributed by atoms with E-state index in [1.54, 1.807) is 0 Å². The van der Waals surface area contributed by atoms with Gasteiger partial charge in [0, 0.05) is 10.6 Å². The lowest BCUT2D eigenvalue weighted by molar-refractivity contribution is -0.140. The number of phenolic OH excluding ortho intramolecular Hbond substituents is 1. The second kappa shape index (κ2) is 2.89. The molecule has 0 atom stereocenters. The van der Waals surface area contributed by atoms with Crippen LogP contribution in [-0.2, 0) is 10.2 Å². The van der Waals surface area contributed by atoms with Crippen LogP contribution in [0, 0.1) is 0 Å². The highest BCUT2D eigenvalue weighted by atomic mass is 35.5. The van der Waals surface area contributed by atoms with Crippen LogP contribution in [-0.4, -0.2) is 16.2 Å². The van der Waals surface area contributed by atoms with Crippen LogP contribution in [0.15, 0.2) is 18.2 Å². The maximum atomic E-state index is 11.0. The standard InChI is InChI=1S/C10H9ClO3/c11-6-1-2-8(12)7(5-6)10(3-4-10)9(13)14/h1-2,5,12H,3-4H2,(H,13,14). The van der Waals surface area contributed by atoms with E-state index in [4.69, 9.17) is 16.7 Å². The molecule has 0 aromatic heterocycles. The fourth-order valence-corrected chi connectivity index (χ4v) is 1.79.